The molecule has 0 aliphatic heterocycles. The second kappa shape index (κ2) is 6.05. The molecule has 4 nitrogen and oxygen atoms in total. The summed E-state index contributed by atoms with van der Waals surface area (Å²) in [6.07, 6.45) is 1.25. The van der Waals surface area contributed by atoms with Gasteiger partial charge in [0.25, 0.3) is 0 Å². The second-order valence-electron chi connectivity index (χ2n) is 5.04. The van der Waals surface area contributed by atoms with Gasteiger partial charge in [0.2, 0.25) is 5.91 Å². The van der Waals surface area contributed by atoms with Crippen LogP contribution in [0.3, 0.4) is 0 Å². The largest absolute Gasteiger partial charge is 0.481 e. The molecular formula is C13H16BrNO3S. The van der Waals surface area contributed by atoms with Crippen LogP contribution in [0.5, 0.6) is 0 Å². The minimum Gasteiger partial charge on any atom is -0.481 e. The van der Waals surface area contributed by atoms with Gasteiger partial charge in [0.15, 0.2) is 0 Å². The van der Waals surface area contributed by atoms with Crippen LogP contribution in [0.25, 0.3) is 0 Å². The molecule has 3 unspecified atom stereocenters. The molecule has 19 heavy (non-hydrogen) atoms. The van der Waals surface area contributed by atoms with Gasteiger partial charge in [-0.15, -0.1) is 11.3 Å². The monoisotopic (exact) mass is 345 g/mol. The molecule has 6 heteroatoms. The number of rotatable bonds is 4. The van der Waals surface area contributed by atoms with Crippen molar-refractivity contribution in [2.75, 3.05) is 0 Å². The van der Waals surface area contributed by atoms with Crippen LogP contribution in [-0.2, 0) is 16.1 Å². The van der Waals surface area contributed by atoms with Gasteiger partial charge in [0.1, 0.15) is 0 Å². The zero-order chi connectivity index (χ0) is 14.0. The quantitative estimate of drug-likeness (QED) is 0.881. The smallest absolute Gasteiger partial charge is 0.307 e. The van der Waals surface area contributed by atoms with Crippen molar-refractivity contribution in [3.63, 3.8) is 0 Å². The average Bonchev–Trinajstić information content (AvgIpc) is 2.92. The summed E-state index contributed by atoms with van der Waals surface area (Å²) in [5.41, 5.74) is 0. The highest BCUT2D eigenvalue weighted by molar-refractivity contribution is 9.10. The molecular weight excluding hydrogens is 330 g/mol. The molecule has 2 rings (SSSR count). The molecule has 3 atom stereocenters. The van der Waals surface area contributed by atoms with E-state index < -0.39 is 17.8 Å². The van der Waals surface area contributed by atoms with Crippen LogP contribution in [0.1, 0.15) is 24.6 Å². The lowest BCUT2D eigenvalue weighted by Gasteiger charge is -2.15. The first kappa shape index (κ1) is 14.5. The summed E-state index contributed by atoms with van der Waals surface area (Å²) in [5.74, 6) is -1.64. The maximum Gasteiger partial charge on any atom is 0.307 e. The van der Waals surface area contributed by atoms with Crippen LogP contribution in [0, 0.1) is 17.8 Å². The zero-order valence-corrected chi connectivity index (χ0v) is 13.0. The van der Waals surface area contributed by atoms with Gasteiger partial charge in [-0.1, -0.05) is 6.92 Å². The highest BCUT2D eigenvalue weighted by atomic mass is 79.9. The number of carboxylic acids is 1. The maximum atomic E-state index is 12.1. The number of hydrogen-bond donors (Lipinski definition) is 2. The zero-order valence-electron chi connectivity index (χ0n) is 10.6. The van der Waals surface area contributed by atoms with Gasteiger partial charge >= 0.3 is 5.97 Å². The molecule has 0 bridgehead atoms. The van der Waals surface area contributed by atoms with Gasteiger partial charge in [-0.05, 0) is 46.1 Å². The van der Waals surface area contributed by atoms with E-state index in [9.17, 15) is 9.59 Å². The number of halogens is 1. The van der Waals surface area contributed by atoms with E-state index in [0.29, 0.717) is 25.3 Å². The Labute approximate surface area is 124 Å². The number of amides is 1. The van der Waals surface area contributed by atoms with Crippen molar-refractivity contribution in [1.82, 2.24) is 5.32 Å². The summed E-state index contributed by atoms with van der Waals surface area (Å²) in [6, 6.07) is 1.93. The summed E-state index contributed by atoms with van der Waals surface area (Å²) >= 11 is 4.97. The standard InChI is InChI=1S/C13H16BrNO3S/c1-7-4-8(9(5-7)13(17)18)12(16)15-6-11-10(14)2-3-19-11/h2-3,7-9H,4-6H2,1H3,(H,15,16)(H,17,18). The predicted octanol–water partition coefficient (Wildman–Crippen LogP) is 2.87. The minimum atomic E-state index is -0.859. The van der Waals surface area contributed by atoms with Gasteiger partial charge in [-0.2, -0.15) is 0 Å². The van der Waals surface area contributed by atoms with Crippen LogP contribution in [0.15, 0.2) is 15.9 Å². The number of carbonyl (C=O) groups is 2. The number of carbonyl (C=O) groups excluding carboxylic acids is 1. The molecule has 1 fully saturated rings. The van der Waals surface area contributed by atoms with Crippen LogP contribution >= 0.6 is 27.3 Å². The summed E-state index contributed by atoms with van der Waals surface area (Å²) < 4.78 is 0.979. The predicted molar refractivity (Wildman–Crippen MR) is 76.9 cm³/mol. The highest BCUT2D eigenvalue weighted by Crippen LogP contribution is 2.36. The van der Waals surface area contributed by atoms with E-state index in [1.807, 2.05) is 18.4 Å². The Bertz CT molecular complexity index is 488. The third-order valence-electron chi connectivity index (χ3n) is 3.57. The topological polar surface area (TPSA) is 66.4 Å². The van der Waals surface area contributed by atoms with E-state index in [2.05, 4.69) is 21.2 Å². The molecule has 2 N–H and O–H groups in total. The van der Waals surface area contributed by atoms with Crippen molar-refractivity contribution in [2.24, 2.45) is 17.8 Å². The SMILES string of the molecule is CC1CC(C(=O)O)C(C(=O)NCc2sccc2Br)C1. The van der Waals surface area contributed by atoms with Gasteiger partial charge in [0.05, 0.1) is 18.4 Å². The fourth-order valence-electron chi connectivity index (χ4n) is 2.60. The summed E-state index contributed by atoms with van der Waals surface area (Å²) in [6.45, 7) is 2.45. The Morgan fingerprint density at radius 3 is 2.74 bits per heavy atom. The molecule has 1 aliphatic carbocycles. The van der Waals surface area contributed by atoms with Gasteiger partial charge in [-0.3, -0.25) is 9.59 Å². The number of nitrogens with one attached hydrogen (secondary N) is 1. The number of carboxylic acid groups (broad SMARTS) is 1. The molecule has 104 valence electrons. The maximum absolute atomic E-state index is 12.1. The Hall–Kier alpha value is -0.880. The van der Waals surface area contributed by atoms with Crippen molar-refractivity contribution < 1.29 is 14.7 Å². The molecule has 1 amide bonds. The number of hydrogen-bond acceptors (Lipinski definition) is 3. The molecule has 0 saturated heterocycles. The third-order valence-corrected chi connectivity index (χ3v) is 5.49. The van der Waals surface area contributed by atoms with E-state index in [1.54, 1.807) is 11.3 Å². The van der Waals surface area contributed by atoms with Crippen molar-refractivity contribution in [1.29, 1.82) is 0 Å². The second-order valence-corrected chi connectivity index (χ2v) is 6.89. The van der Waals surface area contributed by atoms with E-state index >= 15 is 0 Å². The fraction of sp³-hybridized carbons (Fsp3) is 0.538. The van der Waals surface area contributed by atoms with Crippen molar-refractivity contribution >= 4 is 39.1 Å². The lowest BCUT2D eigenvalue weighted by Crippen LogP contribution is -2.34. The summed E-state index contributed by atoms with van der Waals surface area (Å²) in [4.78, 5) is 24.3. The highest BCUT2D eigenvalue weighted by Gasteiger charge is 2.41. The van der Waals surface area contributed by atoms with Crippen LogP contribution in [-0.4, -0.2) is 17.0 Å². The van der Waals surface area contributed by atoms with Gasteiger partial charge in [0, 0.05) is 9.35 Å². The first-order valence-electron chi connectivity index (χ1n) is 6.21. The third kappa shape index (κ3) is 3.36. The van der Waals surface area contributed by atoms with Crippen molar-refractivity contribution in [3.8, 4) is 0 Å². The first-order chi connectivity index (χ1) is 8.99. The normalized spacial score (nSPS) is 26.3. The number of thiophene rings is 1. The van der Waals surface area contributed by atoms with Crippen molar-refractivity contribution in [3.05, 3.63) is 20.8 Å². The Morgan fingerprint density at radius 1 is 1.47 bits per heavy atom. The van der Waals surface area contributed by atoms with Gasteiger partial charge in [-0.25, -0.2) is 0 Å². The van der Waals surface area contributed by atoms with Crippen LogP contribution in [0.4, 0.5) is 0 Å². The van der Waals surface area contributed by atoms with E-state index in [1.165, 1.54) is 0 Å². The first-order valence-corrected chi connectivity index (χ1v) is 7.88. The fourth-order valence-corrected chi connectivity index (χ4v) is 4.04. The Morgan fingerprint density at radius 2 is 2.16 bits per heavy atom. The summed E-state index contributed by atoms with van der Waals surface area (Å²) in [5, 5.41) is 14.0. The molecule has 1 aromatic rings. The molecule has 0 radical (unpaired) electrons. The lowest BCUT2D eigenvalue weighted by molar-refractivity contribution is -0.146. The summed E-state index contributed by atoms with van der Waals surface area (Å²) in [7, 11) is 0. The molecule has 1 saturated carbocycles. The van der Waals surface area contributed by atoms with E-state index in [-0.39, 0.29) is 5.91 Å². The van der Waals surface area contributed by atoms with Crippen LogP contribution < -0.4 is 5.32 Å². The average molecular weight is 346 g/mol. The van der Waals surface area contributed by atoms with E-state index in [4.69, 9.17) is 5.11 Å². The minimum absolute atomic E-state index is 0.142. The molecule has 1 heterocycles. The molecule has 1 aliphatic rings. The number of aliphatic carboxylic acids is 1. The Balaban J connectivity index is 1.96. The lowest BCUT2D eigenvalue weighted by atomic mass is 9.95. The van der Waals surface area contributed by atoms with E-state index in [0.717, 1.165) is 9.35 Å². The molecule has 0 aromatic carbocycles. The Kier molecular flexibility index (Phi) is 4.62. The molecule has 1 aromatic heterocycles. The van der Waals surface area contributed by atoms with Gasteiger partial charge < -0.3 is 10.4 Å². The molecule has 0 spiro atoms. The van der Waals surface area contributed by atoms with Crippen LogP contribution in [0.2, 0.25) is 0 Å². The van der Waals surface area contributed by atoms with Crippen molar-refractivity contribution in [2.45, 2.75) is 26.3 Å².